The fourth-order valence-corrected chi connectivity index (χ4v) is 3.34. The summed E-state index contributed by atoms with van der Waals surface area (Å²) in [6, 6.07) is 7.87. The fraction of sp³-hybridized carbons (Fsp3) is 0.222. The number of hydrogen-bond acceptors (Lipinski definition) is 4. The molecule has 2 heterocycles. The maximum absolute atomic E-state index is 13.6. The summed E-state index contributed by atoms with van der Waals surface area (Å²) >= 11 is 1.64. The summed E-state index contributed by atoms with van der Waals surface area (Å²) in [6.07, 6.45) is 2.73. The molecule has 0 aliphatic carbocycles. The standard InChI is InChI=1S/C18H17F2N3S/c1-2-12-8-17(24-10-12)16-9-18(23-11-22-16)21-7-6-13-14(19)4-3-5-15(13)20/h3-5,8-11H,2,6-7H2,1H3,(H,21,22,23). The van der Waals surface area contributed by atoms with E-state index in [2.05, 4.69) is 33.7 Å². The van der Waals surface area contributed by atoms with Gasteiger partial charge in [0.2, 0.25) is 0 Å². The SMILES string of the molecule is CCc1csc(-c2cc(NCCc3c(F)cccc3F)ncn2)c1. The second-order valence-corrected chi connectivity index (χ2v) is 6.25. The quantitative estimate of drug-likeness (QED) is 0.704. The number of anilines is 1. The summed E-state index contributed by atoms with van der Waals surface area (Å²) in [4.78, 5) is 9.53. The van der Waals surface area contributed by atoms with Crippen molar-refractivity contribution in [3.05, 3.63) is 64.8 Å². The van der Waals surface area contributed by atoms with E-state index in [-0.39, 0.29) is 12.0 Å². The van der Waals surface area contributed by atoms with Crippen LogP contribution in [0, 0.1) is 11.6 Å². The van der Waals surface area contributed by atoms with E-state index in [9.17, 15) is 8.78 Å². The summed E-state index contributed by atoms with van der Waals surface area (Å²) in [6.45, 7) is 2.50. The maximum Gasteiger partial charge on any atom is 0.129 e. The summed E-state index contributed by atoms with van der Waals surface area (Å²) in [5.41, 5.74) is 2.21. The molecule has 1 aromatic carbocycles. The molecular formula is C18H17F2N3S. The van der Waals surface area contributed by atoms with Gasteiger partial charge in [-0.2, -0.15) is 0 Å². The highest BCUT2D eigenvalue weighted by Gasteiger charge is 2.09. The monoisotopic (exact) mass is 345 g/mol. The maximum atomic E-state index is 13.6. The average molecular weight is 345 g/mol. The molecule has 0 fully saturated rings. The predicted molar refractivity (Wildman–Crippen MR) is 93.3 cm³/mol. The highest BCUT2D eigenvalue weighted by atomic mass is 32.1. The van der Waals surface area contributed by atoms with Crippen molar-refractivity contribution >= 4 is 17.2 Å². The predicted octanol–water partition coefficient (Wildman–Crippen LogP) is 4.70. The third kappa shape index (κ3) is 3.76. The van der Waals surface area contributed by atoms with Crippen LogP contribution in [0.4, 0.5) is 14.6 Å². The van der Waals surface area contributed by atoms with E-state index < -0.39 is 11.6 Å². The molecule has 0 aliphatic heterocycles. The Labute approximate surface area is 143 Å². The summed E-state index contributed by atoms with van der Waals surface area (Å²) in [5, 5.41) is 5.22. The molecule has 0 radical (unpaired) electrons. The van der Waals surface area contributed by atoms with E-state index in [4.69, 9.17) is 0 Å². The number of nitrogens with one attached hydrogen (secondary N) is 1. The van der Waals surface area contributed by atoms with E-state index in [0.717, 1.165) is 17.0 Å². The van der Waals surface area contributed by atoms with Gasteiger partial charge >= 0.3 is 0 Å². The first-order valence-electron chi connectivity index (χ1n) is 7.74. The van der Waals surface area contributed by atoms with Crippen LogP contribution in [0.15, 0.2) is 42.0 Å². The molecule has 3 aromatic rings. The number of aromatic nitrogens is 2. The van der Waals surface area contributed by atoms with Gasteiger partial charge < -0.3 is 5.32 Å². The summed E-state index contributed by atoms with van der Waals surface area (Å²) in [5.74, 6) is -0.403. The zero-order chi connectivity index (χ0) is 16.9. The first-order valence-corrected chi connectivity index (χ1v) is 8.62. The van der Waals surface area contributed by atoms with Crippen molar-refractivity contribution in [2.24, 2.45) is 0 Å². The highest BCUT2D eigenvalue weighted by Crippen LogP contribution is 2.26. The summed E-state index contributed by atoms with van der Waals surface area (Å²) in [7, 11) is 0. The van der Waals surface area contributed by atoms with Crippen LogP contribution in [-0.4, -0.2) is 16.5 Å². The Kier molecular flexibility index (Phi) is 5.15. The van der Waals surface area contributed by atoms with Crippen molar-refractivity contribution < 1.29 is 8.78 Å². The molecule has 0 amide bonds. The van der Waals surface area contributed by atoms with Crippen LogP contribution in [-0.2, 0) is 12.8 Å². The minimum Gasteiger partial charge on any atom is -0.370 e. The molecular weight excluding hydrogens is 328 g/mol. The van der Waals surface area contributed by atoms with E-state index in [1.807, 2.05) is 6.07 Å². The van der Waals surface area contributed by atoms with Crippen molar-refractivity contribution in [1.82, 2.24) is 9.97 Å². The average Bonchev–Trinajstić information content (AvgIpc) is 3.07. The van der Waals surface area contributed by atoms with Crippen LogP contribution in [0.2, 0.25) is 0 Å². The zero-order valence-corrected chi connectivity index (χ0v) is 14.0. The third-order valence-corrected chi connectivity index (χ3v) is 4.73. The molecule has 0 atom stereocenters. The molecule has 0 spiro atoms. The van der Waals surface area contributed by atoms with Gasteiger partial charge in [-0.1, -0.05) is 13.0 Å². The van der Waals surface area contributed by atoms with E-state index in [1.54, 1.807) is 11.3 Å². The number of hydrogen-bond donors (Lipinski definition) is 1. The Balaban J connectivity index is 1.67. The number of nitrogens with zero attached hydrogens (tertiary/aromatic N) is 2. The molecule has 124 valence electrons. The molecule has 24 heavy (non-hydrogen) atoms. The number of aryl methyl sites for hydroxylation is 1. The Hall–Kier alpha value is -2.34. The Morgan fingerprint density at radius 1 is 1.12 bits per heavy atom. The number of rotatable bonds is 6. The number of halogens is 2. The van der Waals surface area contributed by atoms with Gasteiger partial charge in [0.05, 0.1) is 10.6 Å². The van der Waals surface area contributed by atoms with Crippen LogP contribution >= 0.6 is 11.3 Å². The molecule has 0 aliphatic rings. The van der Waals surface area contributed by atoms with Crippen molar-refractivity contribution in [3.8, 4) is 10.6 Å². The van der Waals surface area contributed by atoms with Gasteiger partial charge in [0.1, 0.15) is 23.8 Å². The lowest BCUT2D eigenvalue weighted by Gasteiger charge is -2.08. The first kappa shape index (κ1) is 16.5. The highest BCUT2D eigenvalue weighted by molar-refractivity contribution is 7.13. The van der Waals surface area contributed by atoms with Crippen molar-refractivity contribution in [3.63, 3.8) is 0 Å². The lowest BCUT2D eigenvalue weighted by atomic mass is 10.1. The van der Waals surface area contributed by atoms with Crippen molar-refractivity contribution in [1.29, 1.82) is 0 Å². The molecule has 0 bridgehead atoms. The fourth-order valence-electron chi connectivity index (χ4n) is 2.37. The summed E-state index contributed by atoms with van der Waals surface area (Å²) < 4.78 is 27.2. The van der Waals surface area contributed by atoms with Gasteiger partial charge in [-0.15, -0.1) is 11.3 Å². The van der Waals surface area contributed by atoms with Crippen molar-refractivity contribution in [2.75, 3.05) is 11.9 Å². The largest absolute Gasteiger partial charge is 0.370 e. The molecule has 0 unspecified atom stereocenters. The molecule has 0 saturated heterocycles. The lowest BCUT2D eigenvalue weighted by molar-refractivity contribution is 0.557. The molecule has 2 aromatic heterocycles. The van der Waals surface area contributed by atoms with E-state index >= 15 is 0 Å². The van der Waals surface area contributed by atoms with Gasteiger partial charge in [-0.05, 0) is 42.0 Å². The van der Waals surface area contributed by atoms with Crippen LogP contribution in [0.3, 0.4) is 0 Å². The molecule has 3 nitrogen and oxygen atoms in total. The second kappa shape index (κ2) is 7.49. The van der Waals surface area contributed by atoms with E-state index in [1.165, 1.54) is 30.1 Å². The Morgan fingerprint density at radius 3 is 2.62 bits per heavy atom. The van der Waals surface area contributed by atoms with Crippen LogP contribution in [0.5, 0.6) is 0 Å². The Bertz CT molecular complexity index is 812. The third-order valence-electron chi connectivity index (χ3n) is 3.72. The second-order valence-electron chi connectivity index (χ2n) is 5.34. The van der Waals surface area contributed by atoms with Gasteiger partial charge in [0.15, 0.2) is 0 Å². The number of thiophene rings is 1. The van der Waals surface area contributed by atoms with Gasteiger partial charge in [0.25, 0.3) is 0 Å². The van der Waals surface area contributed by atoms with Gasteiger partial charge in [-0.25, -0.2) is 18.7 Å². The lowest BCUT2D eigenvalue weighted by Crippen LogP contribution is -2.09. The molecule has 6 heteroatoms. The molecule has 1 N–H and O–H groups in total. The van der Waals surface area contributed by atoms with Crippen LogP contribution < -0.4 is 5.32 Å². The number of benzene rings is 1. The van der Waals surface area contributed by atoms with Gasteiger partial charge in [-0.3, -0.25) is 0 Å². The molecule has 0 saturated carbocycles. The van der Waals surface area contributed by atoms with Gasteiger partial charge in [0, 0.05) is 18.2 Å². The van der Waals surface area contributed by atoms with Crippen LogP contribution in [0.25, 0.3) is 10.6 Å². The van der Waals surface area contributed by atoms with E-state index in [0.29, 0.717) is 12.4 Å². The van der Waals surface area contributed by atoms with Crippen LogP contribution in [0.1, 0.15) is 18.1 Å². The topological polar surface area (TPSA) is 37.8 Å². The normalized spacial score (nSPS) is 10.8. The first-order chi connectivity index (χ1) is 11.7. The molecule has 3 rings (SSSR count). The smallest absolute Gasteiger partial charge is 0.129 e. The zero-order valence-electron chi connectivity index (χ0n) is 13.2. The Morgan fingerprint density at radius 2 is 1.92 bits per heavy atom. The minimum atomic E-state index is -0.522. The van der Waals surface area contributed by atoms with Crippen molar-refractivity contribution in [2.45, 2.75) is 19.8 Å². The minimum absolute atomic E-state index is 0.0881.